The number of benzene rings is 1. The molecule has 0 saturated carbocycles. The van der Waals surface area contributed by atoms with Gasteiger partial charge in [-0.05, 0) is 0 Å². The van der Waals surface area contributed by atoms with E-state index in [-0.39, 0.29) is 21.2 Å². The summed E-state index contributed by atoms with van der Waals surface area (Å²) in [6.45, 7) is 9.16. The Morgan fingerprint density at radius 2 is 1.80 bits per heavy atom. The van der Waals surface area contributed by atoms with Crippen LogP contribution in [0.4, 0.5) is 0 Å². The Kier molecular flexibility index (Phi) is 5.10. The Labute approximate surface area is 105 Å². The van der Waals surface area contributed by atoms with Crippen molar-refractivity contribution in [3.8, 4) is 0 Å². The van der Waals surface area contributed by atoms with Crippen LogP contribution in [0.2, 0.25) is 0 Å². The van der Waals surface area contributed by atoms with E-state index < -0.39 is 0 Å². The Morgan fingerprint density at radius 1 is 1.13 bits per heavy atom. The summed E-state index contributed by atoms with van der Waals surface area (Å²) >= 11 is 0.211. The van der Waals surface area contributed by atoms with Gasteiger partial charge in [-0.1, -0.05) is 0 Å². The van der Waals surface area contributed by atoms with E-state index in [4.69, 9.17) is 0 Å². The summed E-state index contributed by atoms with van der Waals surface area (Å²) in [7, 11) is 0. The van der Waals surface area contributed by atoms with Crippen molar-refractivity contribution in [2.24, 2.45) is 5.92 Å². The fourth-order valence-corrected chi connectivity index (χ4v) is 3.94. The third-order valence-electron chi connectivity index (χ3n) is 2.53. The van der Waals surface area contributed by atoms with Crippen LogP contribution in [0, 0.1) is 9.49 Å². The third-order valence-corrected chi connectivity index (χ3v) is 4.63. The predicted octanol–water partition coefficient (Wildman–Crippen LogP) is 0.897. The number of rotatable bonds is 4. The maximum absolute atomic E-state index is 2.45. The van der Waals surface area contributed by atoms with Gasteiger partial charge in [-0.25, -0.2) is 0 Å². The van der Waals surface area contributed by atoms with E-state index in [2.05, 4.69) is 50.8 Å². The molecular weight excluding hydrogens is 295 g/mol. The van der Waals surface area contributed by atoms with Gasteiger partial charge in [0.05, 0.1) is 0 Å². The van der Waals surface area contributed by atoms with Gasteiger partial charge in [0.2, 0.25) is 0 Å². The molecule has 0 amide bonds. The van der Waals surface area contributed by atoms with Gasteiger partial charge in [0.15, 0.2) is 0 Å². The average molecular weight is 317 g/mol. The quantitative estimate of drug-likeness (QED) is 0.572. The third kappa shape index (κ3) is 3.78. The zero-order valence-corrected chi connectivity index (χ0v) is 12.6. The summed E-state index contributed by atoms with van der Waals surface area (Å²) in [5.41, 5.74) is 3.09. The van der Waals surface area contributed by atoms with E-state index in [9.17, 15) is 0 Å². The van der Waals surface area contributed by atoms with E-state index in [1.807, 2.05) is 0 Å². The zero-order valence-electron chi connectivity index (χ0n) is 10.5. The Morgan fingerprint density at radius 3 is 2.27 bits per heavy atom. The molecule has 0 aliphatic heterocycles. The number of hydrogen-bond acceptors (Lipinski definition) is 0. The minimum absolute atomic E-state index is 0.211. The SMILES string of the molecule is C[I-]c1cc(CC(C)C)ccc1C(C)C. The Bertz CT molecular complexity index is 313. The molecule has 0 fully saturated rings. The van der Waals surface area contributed by atoms with E-state index >= 15 is 0 Å². The first kappa shape index (κ1) is 13.0. The van der Waals surface area contributed by atoms with Gasteiger partial charge < -0.3 is 0 Å². The summed E-state index contributed by atoms with van der Waals surface area (Å²) in [6.07, 6.45) is 1.22. The van der Waals surface area contributed by atoms with Crippen molar-refractivity contribution < 1.29 is 21.2 Å². The molecule has 0 N–H and O–H groups in total. The van der Waals surface area contributed by atoms with Crippen molar-refractivity contribution in [1.29, 1.82) is 0 Å². The molecule has 1 heteroatoms. The van der Waals surface area contributed by atoms with E-state index in [0.29, 0.717) is 5.92 Å². The Balaban J connectivity index is 2.97. The topological polar surface area (TPSA) is 0 Å². The van der Waals surface area contributed by atoms with Crippen molar-refractivity contribution in [1.82, 2.24) is 0 Å². The van der Waals surface area contributed by atoms with Gasteiger partial charge in [0.25, 0.3) is 0 Å². The van der Waals surface area contributed by atoms with Crippen LogP contribution in [0.15, 0.2) is 18.2 Å². The van der Waals surface area contributed by atoms with Gasteiger partial charge in [0.1, 0.15) is 0 Å². The number of halogens is 1. The average Bonchev–Trinajstić information content (AvgIpc) is 2.16. The molecule has 0 nitrogen and oxygen atoms in total. The molecule has 1 rings (SSSR count). The first-order chi connectivity index (χ1) is 7.04. The van der Waals surface area contributed by atoms with E-state index in [1.54, 1.807) is 9.13 Å². The van der Waals surface area contributed by atoms with Gasteiger partial charge in [-0.3, -0.25) is 0 Å². The Hall–Kier alpha value is -0.0500. The van der Waals surface area contributed by atoms with Crippen molar-refractivity contribution in [3.05, 3.63) is 32.9 Å². The van der Waals surface area contributed by atoms with Crippen molar-refractivity contribution >= 4 is 0 Å². The van der Waals surface area contributed by atoms with Crippen molar-refractivity contribution in [2.45, 2.75) is 40.0 Å². The van der Waals surface area contributed by atoms with Crippen LogP contribution >= 0.6 is 0 Å². The summed E-state index contributed by atoms with van der Waals surface area (Å²) in [6, 6.07) is 7.11. The molecule has 0 spiro atoms. The second-order valence-electron chi connectivity index (χ2n) is 4.80. The second kappa shape index (κ2) is 5.88. The fourth-order valence-electron chi connectivity index (χ4n) is 1.80. The van der Waals surface area contributed by atoms with Gasteiger partial charge >= 0.3 is 105 Å². The molecule has 0 aliphatic rings. The van der Waals surface area contributed by atoms with Crippen LogP contribution in [0.5, 0.6) is 0 Å². The van der Waals surface area contributed by atoms with Gasteiger partial charge in [-0.15, -0.1) is 0 Å². The van der Waals surface area contributed by atoms with Crippen LogP contribution in [0.25, 0.3) is 0 Å². The molecule has 0 saturated heterocycles. The van der Waals surface area contributed by atoms with Crippen molar-refractivity contribution in [3.63, 3.8) is 0 Å². The second-order valence-corrected chi connectivity index (χ2v) is 7.04. The first-order valence-corrected chi connectivity index (χ1v) is 8.90. The fraction of sp³-hybridized carbons (Fsp3) is 0.571. The van der Waals surface area contributed by atoms with E-state index in [1.165, 1.54) is 12.0 Å². The summed E-state index contributed by atoms with van der Waals surface area (Å²) < 4.78 is 1.64. The van der Waals surface area contributed by atoms with Crippen LogP contribution in [-0.2, 0) is 6.42 Å². The number of hydrogen-bond donors (Lipinski definition) is 0. The standard InChI is InChI=1S/C14H22I/c1-10(2)8-12-6-7-13(11(3)4)14(9-12)15-5/h6-7,9-11H,8H2,1-5H3/q-1. The normalized spacial score (nSPS) is 11.7. The molecule has 0 heterocycles. The molecule has 0 radical (unpaired) electrons. The molecule has 0 bridgehead atoms. The predicted molar refractivity (Wildman–Crippen MR) is 63.7 cm³/mol. The van der Waals surface area contributed by atoms with Gasteiger partial charge in [0, 0.05) is 0 Å². The molecule has 15 heavy (non-hydrogen) atoms. The first-order valence-electron chi connectivity index (χ1n) is 5.66. The van der Waals surface area contributed by atoms with Crippen LogP contribution < -0.4 is 21.2 Å². The molecule has 0 aromatic heterocycles. The summed E-state index contributed by atoms with van der Waals surface area (Å²) in [5.74, 6) is 1.44. The monoisotopic (exact) mass is 317 g/mol. The molecule has 1 aromatic rings. The molecule has 0 atom stereocenters. The summed E-state index contributed by atoms with van der Waals surface area (Å²) in [5, 5.41) is 0. The molecular formula is C14H22I-. The maximum atomic E-state index is 2.45. The van der Waals surface area contributed by atoms with Crippen LogP contribution in [0.1, 0.15) is 44.7 Å². The molecule has 86 valence electrons. The van der Waals surface area contributed by atoms with Gasteiger partial charge in [-0.2, -0.15) is 0 Å². The van der Waals surface area contributed by atoms with Crippen LogP contribution in [-0.4, -0.2) is 4.93 Å². The van der Waals surface area contributed by atoms with E-state index in [0.717, 1.165) is 5.92 Å². The van der Waals surface area contributed by atoms with Crippen LogP contribution in [0.3, 0.4) is 0 Å². The summed E-state index contributed by atoms with van der Waals surface area (Å²) in [4.78, 5) is 2.36. The number of alkyl halides is 1. The molecule has 0 unspecified atom stereocenters. The molecule has 1 aromatic carbocycles. The molecule has 0 aliphatic carbocycles. The minimum atomic E-state index is 0.211. The van der Waals surface area contributed by atoms with Crippen molar-refractivity contribution in [2.75, 3.05) is 4.93 Å². The zero-order chi connectivity index (χ0) is 11.4.